The van der Waals surface area contributed by atoms with Crippen LogP contribution in [0.2, 0.25) is 0 Å². The maximum atomic E-state index is 6.31. The van der Waals surface area contributed by atoms with Crippen molar-refractivity contribution >= 4 is 0 Å². The molecule has 0 N–H and O–H groups in total. The van der Waals surface area contributed by atoms with Gasteiger partial charge in [-0.1, -0.05) is 74.0 Å². The molecule has 1 saturated heterocycles. The number of nitrogens with zero attached hydrogens (tertiary/aromatic N) is 2. The van der Waals surface area contributed by atoms with Crippen LogP contribution in [0, 0.1) is 0 Å². The van der Waals surface area contributed by atoms with Crippen LogP contribution >= 0.6 is 0 Å². The Kier molecular flexibility index (Phi) is 5.67. The fraction of sp³-hybridized carbons (Fsp3) is 0.429. The van der Waals surface area contributed by atoms with E-state index in [0.717, 1.165) is 6.54 Å². The van der Waals surface area contributed by atoms with Crippen molar-refractivity contribution in [3.63, 3.8) is 0 Å². The van der Waals surface area contributed by atoms with Crippen molar-refractivity contribution in [3.8, 4) is 0 Å². The molecule has 3 heteroatoms. The third kappa shape index (κ3) is 3.54. The summed E-state index contributed by atoms with van der Waals surface area (Å²) in [6, 6.07) is 22.0. The van der Waals surface area contributed by atoms with E-state index in [0.29, 0.717) is 12.1 Å². The lowest BCUT2D eigenvalue weighted by Gasteiger charge is -2.49. The number of unbranched alkanes of at least 4 members (excludes halogenated alkanes) is 1. The van der Waals surface area contributed by atoms with E-state index in [4.69, 9.17) is 4.84 Å². The third-order valence-corrected chi connectivity index (χ3v) is 4.95. The van der Waals surface area contributed by atoms with Crippen molar-refractivity contribution in [3.05, 3.63) is 71.8 Å². The van der Waals surface area contributed by atoms with E-state index < -0.39 is 0 Å². The van der Waals surface area contributed by atoms with E-state index >= 15 is 0 Å². The number of benzene rings is 2. The molecule has 0 spiro atoms. The highest BCUT2D eigenvalue weighted by Crippen LogP contribution is 2.40. The van der Waals surface area contributed by atoms with Gasteiger partial charge in [0.2, 0.25) is 0 Å². The standard InChI is InChI=1S/C21H28N2O/c1-4-5-16-23-20(18-12-8-6-9-13-18)17(2)22(3)24-21(23)19-14-10-7-11-15-19/h6-15,17,20-21H,4-5,16H2,1-3H3/t17-,20+,21-/m1/s1. The fourth-order valence-electron chi connectivity index (χ4n) is 3.52. The summed E-state index contributed by atoms with van der Waals surface area (Å²) in [4.78, 5) is 8.83. The van der Waals surface area contributed by atoms with Gasteiger partial charge in [-0.25, -0.2) is 0 Å². The smallest absolute Gasteiger partial charge is 0.158 e. The van der Waals surface area contributed by atoms with Gasteiger partial charge in [0, 0.05) is 13.6 Å². The lowest BCUT2D eigenvalue weighted by Crippen LogP contribution is -2.52. The minimum absolute atomic E-state index is 0.0378. The van der Waals surface area contributed by atoms with Crippen LogP contribution in [-0.2, 0) is 4.84 Å². The molecule has 1 heterocycles. The Morgan fingerprint density at radius 2 is 1.50 bits per heavy atom. The summed E-state index contributed by atoms with van der Waals surface area (Å²) in [6.07, 6.45) is 2.32. The van der Waals surface area contributed by atoms with Crippen molar-refractivity contribution in [2.24, 2.45) is 0 Å². The average Bonchev–Trinajstić information content (AvgIpc) is 2.63. The first-order valence-electron chi connectivity index (χ1n) is 8.97. The van der Waals surface area contributed by atoms with E-state index in [2.05, 4.69) is 79.4 Å². The SMILES string of the molecule is CCCCN1[C@@H](c2ccccc2)ON(C)[C@H](C)[C@H]1c1ccccc1. The fourth-order valence-corrected chi connectivity index (χ4v) is 3.52. The number of rotatable bonds is 5. The molecule has 0 aromatic heterocycles. The summed E-state index contributed by atoms with van der Waals surface area (Å²) in [5, 5.41) is 2.03. The lowest BCUT2D eigenvalue weighted by atomic mass is 9.95. The highest BCUT2D eigenvalue weighted by molar-refractivity contribution is 5.24. The minimum Gasteiger partial charge on any atom is -0.275 e. The monoisotopic (exact) mass is 324 g/mol. The Balaban J connectivity index is 1.99. The van der Waals surface area contributed by atoms with Crippen LogP contribution in [0.4, 0.5) is 0 Å². The average molecular weight is 324 g/mol. The van der Waals surface area contributed by atoms with Gasteiger partial charge in [-0.2, -0.15) is 5.06 Å². The van der Waals surface area contributed by atoms with Crippen LogP contribution in [0.25, 0.3) is 0 Å². The first-order chi connectivity index (χ1) is 11.7. The van der Waals surface area contributed by atoms with Gasteiger partial charge in [0.25, 0.3) is 0 Å². The first-order valence-corrected chi connectivity index (χ1v) is 8.97. The van der Waals surface area contributed by atoms with Gasteiger partial charge in [-0.05, 0) is 24.5 Å². The molecule has 2 aromatic rings. The van der Waals surface area contributed by atoms with Gasteiger partial charge in [0.1, 0.15) is 0 Å². The second-order valence-corrected chi connectivity index (χ2v) is 6.60. The quantitative estimate of drug-likeness (QED) is 0.786. The molecule has 0 aliphatic carbocycles. The molecule has 3 atom stereocenters. The van der Waals surface area contributed by atoms with Crippen molar-refractivity contribution in [1.29, 1.82) is 0 Å². The van der Waals surface area contributed by atoms with Gasteiger partial charge in [-0.15, -0.1) is 0 Å². The molecule has 128 valence electrons. The molecule has 0 amide bonds. The van der Waals surface area contributed by atoms with Gasteiger partial charge in [0.15, 0.2) is 6.23 Å². The molecule has 0 bridgehead atoms. The van der Waals surface area contributed by atoms with Crippen LogP contribution in [0.3, 0.4) is 0 Å². The Hall–Kier alpha value is -1.68. The van der Waals surface area contributed by atoms with Crippen molar-refractivity contribution < 1.29 is 4.84 Å². The van der Waals surface area contributed by atoms with Gasteiger partial charge < -0.3 is 0 Å². The Bertz CT molecular complexity index is 616. The Morgan fingerprint density at radius 1 is 0.917 bits per heavy atom. The molecule has 1 aliphatic heterocycles. The molecule has 3 rings (SSSR count). The first kappa shape index (κ1) is 17.2. The van der Waals surface area contributed by atoms with Crippen LogP contribution in [0.5, 0.6) is 0 Å². The Morgan fingerprint density at radius 3 is 2.08 bits per heavy atom. The molecule has 0 unspecified atom stereocenters. The molecule has 3 nitrogen and oxygen atoms in total. The highest BCUT2D eigenvalue weighted by atomic mass is 16.7. The summed E-state index contributed by atoms with van der Waals surface area (Å²) >= 11 is 0. The summed E-state index contributed by atoms with van der Waals surface area (Å²) in [6.45, 7) is 5.53. The Labute approximate surface area is 145 Å². The summed E-state index contributed by atoms with van der Waals surface area (Å²) in [7, 11) is 2.05. The van der Waals surface area contributed by atoms with Gasteiger partial charge in [-0.3, -0.25) is 9.74 Å². The number of likely N-dealkylation sites (N-methyl/N-ethyl adjacent to an activating group) is 1. The number of hydroxylamine groups is 2. The van der Waals surface area contributed by atoms with Crippen LogP contribution in [0.1, 0.15) is 50.1 Å². The van der Waals surface area contributed by atoms with Crippen molar-refractivity contribution in [2.45, 2.75) is 45.0 Å². The van der Waals surface area contributed by atoms with Crippen LogP contribution in [-0.4, -0.2) is 29.6 Å². The van der Waals surface area contributed by atoms with E-state index in [9.17, 15) is 0 Å². The van der Waals surface area contributed by atoms with E-state index in [-0.39, 0.29) is 6.23 Å². The highest BCUT2D eigenvalue weighted by Gasteiger charge is 2.40. The van der Waals surface area contributed by atoms with Crippen LogP contribution in [0.15, 0.2) is 60.7 Å². The summed E-state index contributed by atoms with van der Waals surface area (Å²) in [5.74, 6) is 0. The molecule has 2 aromatic carbocycles. The van der Waals surface area contributed by atoms with E-state index in [1.165, 1.54) is 24.0 Å². The zero-order chi connectivity index (χ0) is 16.9. The number of hydrogen-bond acceptors (Lipinski definition) is 3. The molecule has 24 heavy (non-hydrogen) atoms. The van der Waals surface area contributed by atoms with Gasteiger partial charge >= 0.3 is 0 Å². The zero-order valence-corrected chi connectivity index (χ0v) is 14.9. The van der Waals surface area contributed by atoms with E-state index in [1.54, 1.807) is 0 Å². The molecular weight excluding hydrogens is 296 g/mol. The predicted molar refractivity (Wildman–Crippen MR) is 98.3 cm³/mol. The molecule has 0 saturated carbocycles. The molecule has 1 fully saturated rings. The largest absolute Gasteiger partial charge is 0.275 e. The maximum absolute atomic E-state index is 6.31. The van der Waals surface area contributed by atoms with E-state index in [1.807, 2.05) is 12.1 Å². The molecule has 1 aliphatic rings. The second-order valence-electron chi connectivity index (χ2n) is 6.60. The zero-order valence-electron chi connectivity index (χ0n) is 14.9. The topological polar surface area (TPSA) is 15.7 Å². The third-order valence-electron chi connectivity index (χ3n) is 4.95. The summed E-state index contributed by atoms with van der Waals surface area (Å²) < 4.78 is 0. The second kappa shape index (κ2) is 7.93. The van der Waals surface area contributed by atoms with Crippen molar-refractivity contribution in [2.75, 3.05) is 13.6 Å². The number of hydrogen-bond donors (Lipinski definition) is 0. The van der Waals surface area contributed by atoms with Gasteiger partial charge in [0.05, 0.1) is 12.1 Å². The van der Waals surface area contributed by atoms with Crippen LogP contribution < -0.4 is 0 Å². The maximum Gasteiger partial charge on any atom is 0.158 e. The molecular formula is C21H28N2O. The normalized spacial score (nSPS) is 25.7. The minimum atomic E-state index is -0.0378. The summed E-state index contributed by atoms with van der Waals surface area (Å²) in [5.41, 5.74) is 2.57. The molecule has 0 radical (unpaired) electrons. The van der Waals surface area contributed by atoms with Crippen molar-refractivity contribution in [1.82, 2.24) is 9.96 Å². The predicted octanol–water partition coefficient (Wildman–Crippen LogP) is 4.79. The lowest BCUT2D eigenvalue weighted by molar-refractivity contribution is -0.304.